The largest absolute Gasteiger partial charge is 0.467 e. The van der Waals surface area contributed by atoms with Crippen molar-refractivity contribution >= 4 is 15.9 Å². The molecular formula is C12H10BrFO2. The van der Waals surface area contributed by atoms with Gasteiger partial charge in [-0.2, -0.15) is 0 Å². The summed E-state index contributed by atoms with van der Waals surface area (Å²) in [6.45, 7) is 0. The number of benzene rings is 1. The lowest BCUT2D eigenvalue weighted by molar-refractivity contribution is 0.150. The lowest BCUT2D eigenvalue weighted by Gasteiger charge is -2.08. The highest BCUT2D eigenvalue weighted by molar-refractivity contribution is 9.10. The SMILES string of the molecule is OC(Cc1ccc(F)c(Br)c1)c1ccco1. The lowest BCUT2D eigenvalue weighted by Crippen LogP contribution is -2.00. The van der Waals surface area contributed by atoms with Crippen LogP contribution in [-0.2, 0) is 6.42 Å². The summed E-state index contributed by atoms with van der Waals surface area (Å²) in [4.78, 5) is 0. The molecule has 1 N–H and O–H groups in total. The average molecular weight is 285 g/mol. The van der Waals surface area contributed by atoms with Crippen molar-refractivity contribution < 1.29 is 13.9 Å². The highest BCUT2D eigenvalue weighted by Crippen LogP contribution is 2.22. The third-order valence-corrected chi connectivity index (χ3v) is 2.89. The highest BCUT2D eigenvalue weighted by Gasteiger charge is 2.12. The van der Waals surface area contributed by atoms with Crippen molar-refractivity contribution in [3.05, 3.63) is 58.2 Å². The fraction of sp³-hybridized carbons (Fsp3) is 0.167. The van der Waals surface area contributed by atoms with E-state index in [4.69, 9.17) is 4.42 Å². The zero-order valence-electron chi connectivity index (χ0n) is 8.36. The molecule has 0 aliphatic carbocycles. The van der Waals surface area contributed by atoms with Crippen molar-refractivity contribution in [3.63, 3.8) is 0 Å². The van der Waals surface area contributed by atoms with Crippen LogP contribution in [0.1, 0.15) is 17.4 Å². The molecule has 0 fully saturated rings. The molecule has 4 heteroatoms. The summed E-state index contributed by atoms with van der Waals surface area (Å²) >= 11 is 3.10. The first-order valence-electron chi connectivity index (χ1n) is 4.82. The van der Waals surface area contributed by atoms with Crippen LogP contribution in [0.4, 0.5) is 4.39 Å². The van der Waals surface area contributed by atoms with Crippen LogP contribution < -0.4 is 0 Å². The number of rotatable bonds is 3. The summed E-state index contributed by atoms with van der Waals surface area (Å²) in [5, 5.41) is 9.82. The highest BCUT2D eigenvalue weighted by atomic mass is 79.9. The Hall–Kier alpha value is -1.13. The molecule has 2 nitrogen and oxygen atoms in total. The monoisotopic (exact) mass is 284 g/mol. The molecule has 16 heavy (non-hydrogen) atoms. The number of hydrogen-bond acceptors (Lipinski definition) is 2. The molecule has 0 amide bonds. The molecule has 0 saturated carbocycles. The fourth-order valence-electron chi connectivity index (χ4n) is 1.47. The molecular weight excluding hydrogens is 275 g/mol. The Balaban J connectivity index is 2.12. The van der Waals surface area contributed by atoms with E-state index < -0.39 is 6.10 Å². The van der Waals surface area contributed by atoms with Gasteiger partial charge >= 0.3 is 0 Å². The summed E-state index contributed by atoms with van der Waals surface area (Å²) in [6.07, 6.45) is 1.21. The van der Waals surface area contributed by atoms with Crippen LogP contribution in [0.3, 0.4) is 0 Å². The van der Waals surface area contributed by atoms with E-state index in [1.54, 1.807) is 24.3 Å². The topological polar surface area (TPSA) is 33.4 Å². The molecule has 84 valence electrons. The molecule has 1 unspecified atom stereocenters. The van der Waals surface area contributed by atoms with Gasteiger partial charge in [-0.1, -0.05) is 6.07 Å². The van der Waals surface area contributed by atoms with E-state index in [2.05, 4.69) is 15.9 Å². The van der Waals surface area contributed by atoms with E-state index in [1.807, 2.05) is 0 Å². The number of furan rings is 1. The Labute approximate surface area is 101 Å². The van der Waals surface area contributed by atoms with E-state index >= 15 is 0 Å². The smallest absolute Gasteiger partial charge is 0.137 e. The van der Waals surface area contributed by atoms with E-state index in [-0.39, 0.29) is 5.82 Å². The first kappa shape index (κ1) is 11.4. The second-order valence-electron chi connectivity index (χ2n) is 3.48. The van der Waals surface area contributed by atoms with Gasteiger partial charge in [0.25, 0.3) is 0 Å². The standard InChI is InChI=1S/C12H10BrFO2/c13-9-6-8(3-4-10(9)14)7-11(15)12-2-1-5-16-12/h1-6,11,15H,7H2. The van der Waals surface area contributed by atoms with Crippen LogP contribution in [0.25, 0.3) is 0 Å². The zero-order chi connectivity index (χ0) is 11.5. The maximum Gasteiger partial charge on any atom is 0.137 e. The maximum atomic E-state index is 13.0. The molecule has 0 spiro atoms. The second-order valence-corrected chi connectivity index (χ2v) is 4.34. The first-order valence-corrected chi connectivity index (χ1v) is 5.61. The van der Waals surface area contributed by atoms with Crippen molar-refractivity contribution in [1.82, 2.24) is 0 Å². The fourth-order valence-corrected chi connectivity index (χ4v) is 1.90. The predicted molar refractivity (Wildman–Crippen MR) is 61.5 cm³/mol. The molecule has 1 aromatic carbocycles. The van der Waals surface area contributed by atoms with Crippen molar-refractivity contribution in [2.45, 2.75) is 12.5 Å². The van der Waals surface area contributed by atoms with Gasteiger partial charge in [0.2, 0.25) is 0 Å². The van der Waals surface area contributed by atoms with Gasteiger partial charge in [0.05, 0.1) is 10.7 Å². The van der Waals surface area contributed by atoms with E-state index in [0.29, 0.717) is 16.7 Å². The average Bonchev–Trinajstić information content (AvgIpc) is 2.77. The van der Waals surface area contributed by atoms with Crippen LogP contribution in [0.2, 0.25) is 0 Å². The van der Waals surface area contributed by atoms with Gasteiger partial charge in [0.15, 0.2) is 0 Å². The number of aliphatic hydroxyl groups excluding tert-OH is 1. The van der Waals surface area contributed by atoms with E-state index in [0.717, 1.165) is 5.56 Å². The summed E-state index contributed by atoms with van der Waals surface area (Å²) in [5.41, 5.74) is 0.845. The normalized spacial score (nSPS) is 12.7. The minimum absolute atomic E-state index is 0.309. The summed E-state index contributed by atoms with van der Waals surface area (Å²) < 4.78 is 18.5. The summed E-state index contributed by atoms with van der Waals surface area (Å²) in [7, 11) is 0. The minimum Gasteiger partial charge on any atom is -0.467 e. The van der Waals surface area contributed by atoms with Crippen molar-refractivity contribution in [2.75, 3.05) is 0 Å². The predicted octanol–water partition coefficient (Wildman–Crippen LogP) is 3.46. The van der Waals surface area contributed by atoms with Crippen LogP contribution in [0.15, 0.2) is 45.5 Å². The summed E-state index contributed by atoms with van der Waals surface area (Å²) in [5.74, 6) is 0.205. The van der Waals surface area contributed by atoms with Gasteiger partial charge < -0.3 is 9.52 Å². The number of aliphatic hydroxyl groups is 1. The molecule has 0 aliphatic heterocycles. The van der Waals surface area contributed by atoms with Gasteiger partial charge in [-0.3, -0.25) is 0 Å². The van der Waals surface area contributed by atoms with Crippen molar-refractivity contribution in [2.24, 2.45) is 0 Å². The van der Waals surface area contributed by atoms with Crippen molar-refractivity contribution in [3.8, 4) is 0 Å². The molecule has 2 rings (SSSR count). The van der Waals surface area contributed by atoms with E-state index in [9.17, 15) is 9.50 Å². The molecule has 0 bridgehead atoms. The number of halogens is 2. The van der Waals surface area contributed by atoms with Gasteiger partial charge in [0, 0.05) is 6.42 Å². The molecule has 0 radical (unpaired) electrons. The Morgan fingerprint density at radius 2 is 2.19 bits per heavy atom. The second kappa shape index (κ2) is 4.80. The van der Waals surface area contributed by atoms with Crippen LogP contribution in [0.5, 0.6) is 0 Å². The molecule has 1 aromatic heterocycles. The molecule has 0 aliphatic rings. The van der Waals surface area contributed by atoms with E-state index in [1.165, 1.54) is 12.3 Å². The molecule has 1 heterocycles. The van der Waals surface area contributed by atoms with Gasteiger partial charge in [-0.25, -0.2) is 4.39 Å². The van der Waals surface area contributed by atoms with Crippen LogP contribution in [-0.4, -0.2) is 5.11 Å². The molecule has 2 aromatic rings. The van der Waals surface area contributed by atoms with Crippen LogP contribution in [0, 0.1) is 5.82 Å². The van der Waals surface area contributed by atoms with Gasteiger partial charge in [0.1, 0.15) is 17.7 Å². The third kappa shape index (κ3) is 2.51. The Kier molecular flexibility index (Phi) is 3.41. The maximum absolute atomic E-state index is 13.0. The Morgan fingerprint density at radius 1 is 1.38 bits per heavy atom. The Bertz CT molecular complexity index is 468. The van der Waals surface area contributed by atoms with Gasteiger partial charge in [-0.15, -0.1) is 0 Å². The number of hydrogen-bond donors (Lipinski definition) is 1. The first-order chi connectivity index (χ1) is 7.66. The quantitative estimate of drug-likeness (QED) is 0.937. The Morgan fingerprint density at radius 3 is 2.81 bits per heavy atom. The van der Waals surface area contributed by atoms with Crippen LogP contribution >= 0.6 is 15.9 Å². The van der Waals surface area contributed by atoms with Gasteiger partial charge in [-0.05, 0) is 45.8 Å². The summed E-state index contributed by atoms with van der Waals surface area (Å²) in [6, 6.07) is 8.10. The third-order valence-electron chi connectivity index (χ3n) is 2.28. The lowest BCUT2D eigenvalue weighted by atomic mass is 10.1. The molecule has 0 saturated heterocycles. The van der Waals surface area contributed by atoms with Crippen molar-refractivity contribution in [1.29, 1.82) is 0 Å². The zero-order valence-corrected chi connectivity index (χ0v) is 9.95. The molecule has 1 atom stereocenters. The minimum atomic E-state index is -0.702.